The summed E-state index contributed by atoms with van der Waals surface area (Å²) in [7, 11) is 0. The van der Waals surface area contributed by atoms with Gasteiger partial charge in [-0.3, -0.25) is 0 Å². The van der Waals surface area contributed by atoms with Gasteiger partial charge in [-0.25, -0.2) is 4.98 Å². The first-order valence-corrected chi connectivity index (χ1v) is 5.25. The van der Waals surface area contributed by atoms with E-state index in [1.165, 1.54) is 0 Å². The Bertz CT molecular complexity index is 355. The van der Waals surface area contributed by atoms with E-state index >= 15 is 0 Å². The van der Waals surface area contributed by atoms with Crippen LogP contribution in [0.2, 0.25) is 0 Å². The highest BCUT2D eigenvalue weighted by molar-refractivity contribution is 5.78. The normalized spacial score (nSPS) is 17.6. The first kappa shape index (κ1) is 10.5. The summed E-state index contributed by atoms with van der Waals surface area (Å²) in [6.07, 6.45) is 1.80. The molecule has 1 aliphatic heterocycles. The van der Waals surface area contributed by atoms with Crippen LogP contribution in [0.3, 0.4) is 0 Å². The Morgan fingerprint density at radius 1 is 1.25 bits per heavy atom. The van der Waals surface area contributed by atoms with Crippen molar-refractivity contribution in [1.82, 2.24) is 9.88 Å². The minimum atomic E-state index is 0.403. The van der Waals surface area contributed by atoms with Crippen LogP contribution in [0.15, 0.2) is 29.5 Å². The molecule has 0 spiro atoms. The molecule has 16 heavy (non-hydrogen) atoms. The maximum absolute atomic E-state index is 5.65. The average Bonchev–Trinajstić information content (AvgIpc) is 2.39. The van der Waals surface area contributed by atoms with Crippen LogP contribution in [0.4, 0.5) is 5.82 Å². The van der Waals surface area contributed by atoms with E-state index in [9.17, 15) is 0 Å². The number of nitrogens with two attached hydrogens (primary N) is 2. The van der Waals surface area contributed by atoms with Crippen LogP contribution in [0.25, 0.3) is 0 Å². The number of hydrogen-bond acceptors (Lipinski definition) is 4. The van der Waals surface area contributed by atoms with E-state index < -0.39 is 0 Å². The molecular formula is C10H16N6. The molecule has 1 saturated heterocycles. The Morgan fingerprint density at radius 3 is 2.56 bits per heavy atom. The molecule has 1 aromatic heterocycles. The van der Waals surface area contributed by atoms with E-state index in [1.807, 2.05) is 23.1 Å². The van der Waals surface area contributed by atoms with E-state index in [4.69, 9.17) is 11.6 Å². The van der Waals surface area contributed by atoms with Gasteiger partial charge in [-0.15, -0.1) is 5.10 Å². The lowest BCUT2D eigenvalue weighted by atomic mass is 10.3. The van der Waals surface area contributed by atoms with Crippen molar-refractivity contribution >= 4 is 11.8 Å². The van der Waals surface area contributed by atoms with Gasteiger partial charge in [0, 0.05) is 32.4 Å². The molecule has 0 unspecified atom stereocenters. The van der Waals surface area contributed by atoms with Crippen molar-refractivity contribution in [1.29, 1.82) is 0 Å². The Labute approximate surface area is 94.5 Å². The van der Waals surface area contributed by atoms with Crippen LogP contribution in [-0.2, 0) is 0 Å². The number of nitrogens with zero attached hydrogens (tertiary/aromatic N) is 4. The minimum absolute atomic E-state index is 0.403. The van der Waals surface area contributed by atoms with Gasteiger partial charge < -0.3 is 21.4 Å². The van der Waals surface area contributed by atoms with Gasteiger partial charge in [-0.2, -0.15) is 0 Å². The smallest absolute Gasteiger partial charge is 0.213 e. The Kier molecular flexibility index (Phi) is 3.09. The van der Waals surface area contributed by atoms with Gasteiger partial charge in [0.1, 0.15) is 5.82 Å². The molecule has 1 fully saturated rings. The number of piperazine rings is 1. The van der Waals surface area contributed by atoms with Crippen molar-refractivity contribution in [3.8, 4) is 0 Å². The van der Waals surface area contributed by atoms with Gasteiger partial charge in [0.05, 0.1) is 0 Å². The van der Waals surface area contributed by atoms with Crippen molar-refractivity contribution < 1.29 is 0 Å². The van der Waals surface area contributed by atoms with E-state index in [2.05, 4.69) is 15.0 Å². The molecule has 86 valence electrons. The van der Waals surface area contributed by atoms with E-state index in [0.29, 0.717) is 5.96 Å². The van der Waals surface area contributed by atoms with E-state index in [1.54, 1.807) is 6.20 Å². The van der Waals surface area contributed by atoms with Gasteiger partial charge in [0.15, 0.2) is 0 Å². The number of aromatic nitrogens is 1. The number of hydrogen-bond donors (Lipinski definition) is 2. The summed E-state index contributed by atoms with van der Waals surface area (Å²) in [5.41, 5.74) is 5.65. The molecule has 0 atom stereocenters. The second kappa shape index (κ2) is 4.69. The number of rotatable bonds is 1. The third-order valence-corrected chi connectivity index (χ3v) is 2.71. The second-order valence-corrected chi connectivity index (χ2v) is 3.65. The maximum atomic E-state index is 5.65. The topological polar surface area (TPSA) is 83.8 Å². The molecule has 0 radical (unpaired) electrons. The van der Waals surface area contributed by atoms with Crippen LogP contribution < -0.4 is 16.5 Å². The van der Waals surface area contributed by atoms with Gasteiger partial charge in [-0.1, -0.05) is 6.07 Å². The Hall–Kier alpha value is -1.98. The Balaban J connectivity index is 1.96. The summed E-state index contributed by atoms with van der Waals surface area (Å²) in [6.45, 7) is 3.41. The van der Waals surface area contributed by atoms with Crippen LogP contribution in [0.1, 0.15) is 0 Å². The highest BCUT2D eigenvalue weighted by Gasteiger charge is 2.18. The molecule has 0 aromatic carbocycles. The minimum Gasteiger partial charge on any atom is -0.368 e. The first-order valence-electron chi connectivity index (χ1n) is 5.25. The van der Waals surface area contributed by atoms with Gasteiger partial charge in [0.2, 0.25) is 5.96 Å². The molecule has 6 heteroatoms. The largest absolute Gasteiger partial charge is 0.368 e. The summed E-state index contributed by atoms with van der Waals surface area (Å²) in [5, 5.41) is 3.50. The Morgan fingerprint density at radius 2 is 2.00 bits per heavy atom. The highest BCUT2D eigenvalue weighted by Crippen LogP contribution is 2.11. The van der Waals surface area contributed by atoms with Crippen molar-refractivity contribution in [2.45, 2.75) is 0 Å². The predicted octanol–water partition coefficient (Wildman–Crippen LogP) is -0.608. The third kappa shape index (κ3) is 2.16. The lowest BCUT2D eigenvalue weighted by Crippen LogP contribution is -2.51. The molecule has 1 aliphatic rings. The fourth-order valence-corrected chi connectivity index (χ4v) is 1.79. The first-order chi connectivity index (χ1) is 7.81. The molecule has 2 heterocycles. The molecular weight excluding hydrogens is 204 g/mol. The second-order valence-electron chi connectivity index (χ2n) is 3.65. The van der Waals surface area contributed by atoms with Crippen LogP contribution in [0, 0.1) is 0 Å². The highest BCUT2D eigenvalue weighted by atomic mass is 15.4. The van der Waals surface area contributed by atoms with Crippen LogP contribution in [0.5, 0.6) is 0 Å². The van der Waals surface area contributed by atoms with Crippen molar-refractivity contribution in [3.05, 3.63) is 24.4 Å². The molecule has 1 aromatic rings. The van der Waals surface area contributed by atoms with Crippen molar-refractivity contribution in [2.24, 2.45) is 16.7 Å². The predicted molar refractivity (Wildman–Crippen MR) is 63.8 cm³/mol. The fourth-order valence-electron chi connectivity index (χ4n) is 1.79. The number of guanidine groups is 1. The van der Waals surface area contributed by atoms with E-state index in [-0.39, 0.29) is 0 Å². The summed E-state index contributed by atoms with van der Waals surface area (Å²) < 4.78 is 0. The molecule has 0 amide bonds. The number of anilines is 1. The zero-order chi connectivity index (χ0) is 11.4. The van der Waals surface area contributed by atoms with E-state index in [0.717, 1.165) is 32.0 Å². The van der Waals surface area contributed by atoms with Crippen LogP contribution in [-0.4, -0.2) is 42.0 Å². The average molecular weight is 220 g/mol. The molecule has 0 bridgehead atoms. The number of hydrazone groups is 1. The molecule has 6 nitrogen and oxygen atoms in total. The molecule has 0 saturated carbocycles. The standard InChI is InChI=1S/C10H16N6/c11-10(14-12)16-7-5-15(6-8-16)9-3-1-2-4-13-9/h1-4H,5-8,12H2,(H2,11,14). The maximum Gasteiger partial charge on any atom is 0.213 e. The SMILES string of the molecule is NN=C(N)N1CCN(c2ccccn2)CC1. The van der Waals surface area contributed by atoms with Gasteiger partial charge in [-0.05, 0) is 12.1 Å². The third-order valence-electron chi connectivity index (χ3n) is 2.71. The summed E-state index contributed by atoms with van der Waals surface area (Å²) in [4.78, 5) is 8.51. The lowest BCUT2D eigenvalue weighted by molar-refractivity contribution is 0.380. The van der Waals surface area contributed by atoms with Crippen molar-refractivity contribution in [3.63, 3.8) is 0 Å². The van der Waals surface area contributed by atoms with Gasteiger partial charge in [0.25, 0.3) is 0 Å². The summed E-state index contributed by atoms with van der Waals surface area (Å²) in [6, 6.07) is 5.92. The molecule has 4 N–H and O–H groups in total. The zero-order valence-corrected chi connectivity index (χ0v) is 9.08. The van der Waals surface area contributed by atoms with Crippen molar-refractivity contribution in [2.75, 3.05) is 31.1 Å². The summed E-state index contributed by atoms with van der Waals surface area (Å²) >= 11 is 0. The monoisotopic (exact) mass is 220 g/mol. The fraction of sp³-hybridized carbons (Fsp3) is 0.400. The van der Waals surface area contributed by atoms with Gasteiger partial charge >= 0.3 is 0 Å². The zero-order valence-electron chi connectivity index (χ0n) is 9.08. The number of pyridine rings is 1. The summed E-state index contributed by atoms with van der Waals surface area (Å²) in [5.74, 6) is 6.55. The molecule has 2 rings (SSSR count). The molecule has 0 aliphatic carbocycles. The van der Waals surface area contributed by atoms with Crippen LogP contribution >= 0.6 is 0 Å². The lowest BCUT2D eigenvalue weighted by Gasteiger charge is -2.35. The quantitative estimate of drug-likeness (QED) is 0.285.